The van der Waals surface area contributed by atoms with E-state index in [9.17, 15) is 4.79 Å². The number of nitrogens with zero attached hydrogens (tertiary/aromatic N) is 1. The van der Waals surface area contributed by atoms with Crippen LogP contribution in [0.3, 0.4) is 0 Å². The van der Waals surface area contributed by atoms with Crippen molar-refractivity contribution in [1.82, 2.24) is 0 Å². The summed E-state index contributed by atoms with van der Waals surface area (Å²) in [5.74, 6) is 1.08. The molecule has 1 heterocycles. The first-order chi connectivity index (χ1) is 8.54. The quantitative estimate of drug-likeness (QED) is 0.892. The van der Waals surface area contributed by atoms with Gasteiger partial charge in [-0.25, -0.2) is 0 Å². The third-order valence-electron chi connectivity index (χ3n) is 3.38. The van der Waals surface area contributed by atoms with E-state index in [0.717, 1.165) is 11.4 Å². The Morgan fingerprint density at radius 2 is 2.11 bits per heavy atom. The monoisotopic (exact) mass is 264 g/mol. The van der Waals surface area contributed by atoms with Crippen molar-refractivity contribution in [2.24, 2.45) is 5.73 Å². The van der Waals surface area contributed by atoms with E-state index in [1.165, 1.54) is 16.0 Å². The minimum absolute atomic E-state index is 0.134. The van der Waals surface area contributed by atoms with Crippen LogP contribution in [0.4, 0.5) is 5.69 Å². The van der Waals surface area contributed by atoms with Gasteiger partial charge in [0, 0.05) is 29.7 Å². The molecule has 0 fully saturated rings. The number of thioether (sulfide) groups is 1. The molecule has 1 amide bonds. The van der Waals surface area contributed by atoms with E-state index in [0.29, 0.717) is 13.0 Å². The minimum atomic E-state index is 0.134. The summed E-state index contributed by atoms with van der Waals surface area (Å²) in [4.78, 5) is 15.3. The SMILES string of the molecule is Cc1cc2c(cc1C)N(C(=O)CCN)C(C)CS2. The number of fused-ring (bicyclic) bond motifs is 1. The fourth-order valence-electron chi connectivity index (χ4n) is 2.22. The molecule has 0 saturated carbocycles. The molecule has 1 aromatic rings. The molecule has 0 saturated heterocycles. The first-order valence-electron chi connectivity index (χ1n) is 6.30. The molecule has 98 valence electrons. The molecule has 0 bridgehead atoms. The van der Waals surface area contributed by atoms with Gasteiger partial charge in [0.25, 0.3) is 0 Å². The molecule has 1 aliphatic rings. The van der Waals surface area contributed by atoms with Gasteiger partial charge in [-0.2, -0.15) is 0 Å². The molecule has 1 atom stereocenters. The summed E-state index contributed by atoms with van der Waals surface area (Å²) in [5, 5.41) is 0. The maximum Gasteiger partial charge on any atom is 0.228 e. The Hall–Kier alpha value is -1.000. The van der Waals surface area contributed by atoms with Gasteiger partial charge in [-0.3, -0.25) is 4.79 Å². The summed E-state index contributed by atoms with van der Waals surface area (Å²) in [6, 6.07) is 4.55. The van der Waals surface area contributed by atoms with Gasteiger partial charge in [-0.05, 0) is 44.0 Å². The maximum absolute atomic E-state index is 12.2. The average molecular weight is 264 g/mol. The van der Waals surface area contributed by atoms with E-state index in [2.05, 4.69) is 32.9 Å². The molecule has 0 aromatic heterocycles. The number of anilines is 1. The fourth-order valence-corrected chi connectivity index (χ4v) is 3.36. The van der Waals surface area contributed by atoms with Gasteiger partial charge < -0.3 is 10.6 Å². The van der Waals surface area contributed by atoms with Crippen LogP contribution in [0, 0.1) is 13.8 Å². The molecule has 1 aliphatic heterocycles. The van der Waals surface area contributed by atoms with Crippen LogP contribution in [0.2, 0.25) is 0 Å². The lowest BCUT2D eigenvalue weighted by atomic mass is 10.1. The van der Waals surface area contributed by atoms with Crippen molar-refractivity contribution >= 4 is 23.4 Å². The first-order valence-corrected chi connectivity index (χ1v) is 7.29. The Bertz CT molecular complexity index is 473. The minimum Gasteiger partial charge on any atom is -0.330 e. The van der Waals surface area contributed by atoms with Gasteiger partial charge in [-0.15, -0.1) is 11.8 Å². The molecular formula is C14H20N2OS. The Morgan fingerprint density at radius 3 is 2.78 bits per heavy atom. The first kappa shape index (κ1) is 13.4. The molecule has 0 spiro atoms. The van der Waals surface area contributed by atoms with Crippen LogP contribution < -0.4 is 10.6 Å². The average Bonchev–Trinajstić information content (AvgIpc) is 2.31. The third kappa shape index (κ3) is 2.40. The van der Waals surface area contributed by atoms with Crippen molar-refractivity contribution < 1.29 is 4.79 Å². The summed E-state index contributed by atoms with van der Waals surface area (Å²) in [5.41, 5.74) is 9.07. The smallest absolute Gasteiger partial charge is 0.228 e. The Kier molecular flexibility index (Phi) is 3.97. The molecule has 0 aliphatic carbocycles. The summed E-state index contributed by atoms with van der Waals surface area (Å²) < 4.78 is 0. The number of carbonyl (C=O) groups is 1. The zero-order valence-corrected chi connectivity index (χ0v) is 12.0. The molecule has 2 N–H and O–H groups in total. The number of aryl methyl sites for hydroxylation is 2. The highest BCUT2D eigenvalue weighted by atomic mass is 32.2. The van der Waals surface area contributed by atoms with Crippen LogP contribution in [0.15, 0.2) is 17.0 Å². The number of nitrogens with two attached hydrogens (primary N) is 1. The standard InChI is InChI=1S/C14H20N2OS/c1-9-6-12-13(7-10(9)2)18-8-11(3)16(12)14(17)4-5-15/h6-7,11H,4-5,8,15H2,1-3H3. The Labute approximate surface area is 113 Å². The predicted molar refractivity (Wildman–Crippen MR) is 77.3 cm³/mol. The number of hydrogen-bond donors (Lipinski definition) is 1. The van der Waals surface area contributed by atoms with Crippen molar-refractivity contribution in [3.63, 3.8) is 0 Å². The highest BCUT2D eigenvalue weighted by Crippen LogP contribution is 2.39. The van der Waals surface area contributed by atoms with Gasteiger partial charge in [0.15, 0.2) is 0 Å². The van der Waals surface area contributed by atoms with Gasteiger partial charge in [-0.1, -0.05) is 0 Å². The topological polar surface area (TPSA) is 46.3 Å². The largest absolute Gasteiger partial charge is 0.330 e. The van der Waals surface area contributed by atoms with Crippen molar-refractivity contribution in [2.75, 3.05) is 17.2 Å². The highest BCUT2D eigenvalue weighted by Gasteiger charge is 2.28. The number of amides is 1. The van der Waals surface area contributed by atoms with Gasteiger partial charge in [0.1, 0.15) is 0 Å². The second-order valence-electron chi connectivity index (χ2n) is 4.87. The van der Waals surface area contributed by atoms with Crippen LogP contribution >= 0.6 is 11.8 Å². The number of carbonyl (C=O) groups excluding carboxylic acids is 1. The third-order valence-corrected chi connectivity index (χ3v) is 4.67. The molecule has 4 heteroatoms. The molecule has 0 radical (unpaired) electrons. The molecule has 2 rings (SSSR count). The van der Waals surface area contributed by atoms with Crippen LogP contribution in [0.25, 0.3) is 0 Å². The van der Waals surface area contributed by atoms with Crippen molar-refractivity contribution in [3.8, 4) is 0 Å². The molecule has 1 aromatic carbocycles. The number of hydrogen-bond acceptors (Lipinski definition) is 3. The second kappa shape index (κ2) is 5.33. The van der Waals surface area contributed by atoms with Gasteiger partial charge in [0.05, 0.1) is 5.69 Å². The lowest BCUT2D eigenvalue weighted by Crippen LogP contribution is -2.43. The number of benzene rings is 1. The van der Waals surface area contributed by atoms with E-state index in [-0.39, 0.29) is 11.9 Å². The Morgan fingerprint density at radius 1 is 1.44 bits per heavy atom. The zero-order chi connectivity index (χ0) is 13.3. The molecular weight excluding hydrogens is 244 g/mol. The number of rotatable bonds is 2. The van der Waals surface area contributed by atoms with Crippen molar-refractivity contribution in [1.29, 1.82) is 0 Å². The van der Waals surface area contributed by atoms with E-state index in [1.807, 2.05) is 16.7 Å². The zero-order valence-electron chi connectivity index (χ0n) is 11.2. The van der Waals surface area contributed by atoms with Gasteiger partial charge >= 0.3 is 0 Å². The van der Waals surface area contributed by atoms with Crippen LogP contribution in [0.1, 0.15) is 24.5 Å². The predicted octanol–water partition coefficient (Wildman–Crippen LogP) is 2.48. The van der Waals surface area contributed by atoms with E-state index < -0.39 is 0 Å². The van der Waals surface area contributed by atoms with Crippen LogP contribution in [-0.2, 0) is 4.79 Å². The van der Waals surface area contributed by atoms with E-state index in [4.69, 9.17) is 5.73 Å². The van der Waals surface area contributed by atoms with E-state index in [1.54, 1.807) is 0 Å². The normalized spacial score (nSPS) is 18.7. The van der Waals surface area contributed by atoms with Crippen molar-refractivity contribution in [3.05, 3.63) is 23.3 Å². The maximum atomic E-state index is 12.2. The lowest BCUT2D eigenvalue weighted by Gasteiger charge is -2.35. The molecule has 1 unspecified atom stereocenters. The van der Waals surface area contributed by atoms with E-state index >= 15 is 0 Å². The van der Waals surface area contributed by atoms with Crippen LogP contribution in [0.5, 0.6) is 0 Å². The summed E-state index contributed by atoms with van der Waals surface area (Å²) in [6.45, 7) is 6.71. The molecule has 18 heavy (non-hydrogen) atoms. The second-order valence-corrected chi connectivity index (χ2v) is 5.93. The summed E-state index contributed by atoms with van der Waals surface area (Å²) in [6.07, 6.45) is 0.418. The summed E-state index contributed by atoms with van der Waals surface area (Å²) in [7, 11) is 0. The Balaban J connectivity index is 2.43. The highest BCUT2D eigenvalue weighted by molar-refractivity contribution is 7.99. The van der Waals surface area contributed by atoms with Crippen LogP contribution in [-0.4, -0.2) is 24.2 Å². The lowest BCUT2D eigenvalue weighted by molar-refractivity contribution is -0.118. The fraction of sp³-hybridized carbons (Fsp3) is 0.500. The molecule has 3 nitrogen and oxygen atoms in total. The van der Waals surface area contributed by atoms with Gasteiger partial charge in [0.2, 0.25) is 5.91 Å². The summed E-state index contributed by atoms with van der Waals surface area (Å²) >= 11 is 1.83. The van der Waals surface area contributed by atoms with Crippen molar-refractivity contribution in [2.45, 2.75) is 38.1 Å².